The third kappa shape index (κ3) is 12.3. The number of benzene rings is 3. The van der Waals surface area contributed by atoms with Crippen molar-refractivity contribution in [2.45, 2.75) is 25.7 Å². The molecule has 3 aromatic rings. The summed E-state index contributed by atoms with van der Waals surface area (Å²) in [5.41, 5.74) is 3.23. The molecule has 0 saturated heterocycles. The van der Waals surface area contributed by atoms with Gasteiger partial charge in [-0.15, -0.1) is 0 Å². The minimum Gasteiger partial charge on any atom is -0.495 e. The van der Waals surface area contributed by atoms with Crippen molar-refractivity contribution in [2.75, 3.05) is 26.9 Å². The second-order valence-electron chi connectivity index (χ2n) is 9.12. The topological polar surface area (TPSA) is 91.3 Å². The van der Waals surface area contributed by atoms with Crippen LogP contribution in [-0.2, 0) is 14.3 Å². The molecule has 7 nitrogen and oxygen atoms in total. The van der Waals surface area contributed by atoms with E-state index in [1.165, 1.54) is 6.08 Å². The van der Waals surface area contributed by atoms with Crippen LogP contribution in [0.1, 0.15) is 47.9 Å². The number of carboxylic acids is 1. The molecule has 0 spiro atoms. The van der Waals surface area contributed by atoms with Gasteiger partial charge in [0.1, 0.15) is 30.5 Å². The summed E-state index contributed by atoms with van der Waals surface area (Å²) in [7, 11) is 1.60. The van der Waals surface area contributed by atoms with Gasteiger partial charge in [-0.3, -0.25) is 0 Å². The lowest BCUT2D eigenvalue weighted by Gasteiger charge is -2.06. The molecule has 0 aliphatic heterocycles. The summed E-state index contributed by atoms with van der Waals surface area (Å²) in [5.74, 6) is 13.3. The van der Waals surface area contributed by atoms with Gasteiger partial charge in [0, 0.05) is 28.8 Å². The maximum atomic E-state index is 11.1. The van der Waals surface area contributed by atoms with E-state index in [-0.39, 0.29) is 13.2 Å². The molecule has 43 heavy (non-hydrogen) atoms. The number of hydrogen-bond acceptors (Lipinski definition) is 6. The van der Waals surface area contributed by atoms with Gasteiger partial charge in [0.25, 0.3) is 0 Å². The van der Waals surface area contributed by atoms with Gasteiger partial charge in [-0.05, 0) is 92.4 Å². The Balaban J connectivity index is 1.49. The van der Waals surface area contributed by atoms with Crippen molar-refractivity contribution in [3.63, 3.8) is 0 Å². The molecule has 0 saturated carbocycles. The minimum atomic E-state index is -0.911. The molecule has 0 atom stereocenters. The van der Waals surface area contributed by atoms with E-state index in [1.807, 2.05) is 66.7 Å². The van der Waals surface area contributed by atoms with Gasteiger partial charge in [-0.2, -0.15) is 0 Å². The fraction of sp³-hybridized carbons (Fsp3) is 0.222. The Morgan fingerprint density at radius 2 is 1.37 bits per heavy atom. The normalized spacial score (nSPS) is 10.1. The molecule has 0 radical (unpaired) electrons. The maximum Gasteiger partial charge on any atom is 0.330 e. The lowest BCUT2D eigenvalue weighted by Crippen LogP contribution is -2.10. The van der Waals surface area contributed by atoms with Crippen LogP contribution in [0.25, 0.3) is 0 Å². The monoisotopic (exact) mass is 578 g/mol. The highest BCUT2D eigenvalue weighted by atomic mass is 16.6. The molecule has 7 heteroatoms. The number of allylic oxidation sites excluding steroid dienone is 1. The zero-order valence-corrected chi connectivity index (χ0v) is 24.1. The number of esters is 1. The minimum absolute atomic E-state index is 0.147. The molecular formula is C36H34O7. The third-order valence-electron chi connectivity index (χ3n) is 5.91. The Morgan fingerprint density at radius 1 is 0.767 bits per heavy atom. The molecule has 3 rings (SSSR count). The van der Waals surface area contributed by atoms with Gasteiger partial charge in [0.05, 0.1) is 19.3 Å². The fourth-order valence-corrected chi connectivity index (χ4v) is 3.70. The molecule has 220 valence electrons. The quantitative estimate of drug-likeness (QED) is 0.106. The molecule has 3 aromatic carbocycles. The largest absolute Gasteiger partial charge is 0.495 e. The van der Waals surface area contributed by atoms with E-state index in [2.05, 4.69) is 30.3 Å². The lowest BCUT2D eigenvalue weighted by molar-refractivity contribution is -0.138. The summed E-state index contributed by atoms with van der Waals surface area (Å²) in [6.45, 7) is 4.35. The van der Waals surface area contributed by atoms with Gasteiger partial charge in [-0.25, -0.2) is 9.59 Å². The van der Waals surface area contributed by atoms with Gasteiger partial charge in [0.15, 0.2) is 0 Å². The molecule has 0 aliphatic rings. The molecule has 0 unspecified atom stereocenters. The van der Waals surface area contributed by atoms with Crippen LogP contribution in [0.3, 0.4) is 0 Å². The molecule has 0 aliphatic carbocycles. The third-order valence-corrected chi connectivity index (χ3v) is 5.91. The second kappa shape index (κ2) is 18.1. The van der Waals surface area contributed by atoms with Crippen LogP contribution >= 0.6 is 0 Å². The zero-order chi connectivity index (χ0) is 30.7. The van der Waals surface area contributed by atoms with Crippen molar-refractivity contribution < 1.29 is 33.6 Å². The van der Waals surface area contributed by atoms with Crippen LogP contribution in [0.5, 0.6) is 17.2 Å². The molecular weight excluding hydrogens is 544 g/mol. The standard InChI is InChI=1S/C36H34O7/c1-3-36(39)43-26-25-42-33-22-16-29(17-23-33)12-18-31-19-13-30(27-34(31)40-2)11-10-28-14-20-32(21-15-28)41-24-8-6-4-5-7-9-35(37)38/h3,7,9,13-17,19-23,27H,1,4-6,8,24-26H2,2H3,(H,37,38). The molecule has 0 aromatic heterocycles. The van der Waals surface area contributed by atoms with Crippen molar-refractivity contribution in [3.05, 3.63) is 114 Å². The summed E-state index contributed by atoms with van der Waals surface area (Å²) in [4.78, 5) is 21.5. The van der Waals surface area contributed by atoms with E-state index < -0.39 is 11.9 Å². The summed E-state index contributed by atoms with van der Waals surface area (Å²) in [6, 6.07) is 20.6. The molecule has 0 amide bonds. The highest BCUT2D eigenvalue weighted by Gasteiger charge is 2.02. The van der Waals surface area contributed by atoms with Crippen LogP contribution in [0.15, 0.2) is 91.5 Å². The number of rotatable bonds is 14. The molecule has 0 bridgehead atoms. The average molecular weight is 579 g/mol. The smallest absolute Gasteiger partial charge is 0.330 e. The van der Waals surface area contributed by atoms with E-state index >= 15 is 0 Å². The van der Waals surface area contributed by atoms with Crippen molar-refractivity contribution >= 4 is 11.9 Å². The van der Waals surface area contributed by atoms with Crippen molar-refractivity contribution in [2.24, 2.45) is 0 Å². The summed E-state index contributed by atoms with van der Waals surface area (Å²) < 4.78 is 21.8. The second-order valence-corrected chi connectivity index (χ2v) is 9.12. The van der Waals surface area contributed by atoms with E-state index in [0.717, 1.165) is 59.8 Å². The summed E-state index contributed by atoms with van der Waals surface area (Å²) in [6.07, 6.45) is 7.55. The number of carboxylic acid groups (broad SMARTS) is 1. The fourth-order valence-electron chi connectivity index (χ4n) is 3.70. The number of carbonyl (C=O) groups excluding carboxylic acids is 1. The average Bonchev–Trinajstić information content (AvgIpc) is 3.03. The van der Waals surface area contributed by atoms with Gasteiger partial charge < -0.3 is 24.1 Å². The number of carbonyl (C=O) groups is 2. The highest BCUT2D eigenvalue weighted by Crippen LogP contribution is 2.20. The van der Waals surface area contributed by atoms with Gasteiger partial charge in [-0.1, -0.05) is 36.3 Å². The Kier molecular flexibility index (Phi) is 13.5. The molecule has 1 N–H and O–H groups in total. The lowest BCUT2D eigenvalue weighted by atomic mass is 10.1. The first kappa shape index (κ1) is 32.1. The Morgan fingerprint density at radius 3 is 2.00 bits per heavy atom. The number of unbranched alkanes of at least 4 members (excludes halogenated alkanes) is 3. The van der Waals surface area contributed by atoms with E-state index in [1.54, 1.807) is 13.2 Å². The Bertz CT molecular complexity index is 1510. The van der Waals surface area contributed by atoms with Crippen LogP contribution in [0.4, 0.5) is 0 Å². The van der Waals surface area contributed by atoms with Crippen molar-refractivity contribution in [1.29, 1.82) is 0 Å². The van der Waals surface area contributed by atoms with Crippen LogP contribution < -0.4 is 14.2 Å². The number of ether oxygens (including phenoxy) is 4. The Labute approximate surface area is 252 Å². The highest BCUT2D eigenvalue weighted by molar-refractivity contribution is 5.81. The van der Waals surface area contributed by atoms with Crippen molar-refractivity contribution in [3.8, 4) is 40.9 Å². The summed E-state index contributed by atoms with van der Waals surface area (Å²) in [5, 5.41) is 8.58. The number of hydrogen-bond donors (Lipinski definition) is 1. The van der Waals surface area contributed by atoms with Crippen LogP contribution in [-0.4, -0.2) is 44.0 Å². The predicted molar refractivity (Wildman–Crippen MR) is 165 cm³/mol. The molecule has 0 fully saturated rings. The predicted octanol–water partition coefficient (Wildman–Crippen LogP) is 6.18. The number of aliphatic carboxylic acids is 1. The van der Waals surface area contributed by atoms with Crippen molar-refractivity contribution in [1.82, 2.24) is 0 Å². The first-order valence-corrected chi connectivity index (χ1v) is 13.8. The Hall–Kier alpha value is -5.40. The first-order valence-electron chi connectivity index (χ1n) is 13.8. The van der Waals surface area contributed by atoms with Crippen LogP contribution in [0, 0.1) is 23.7 Å². The van der Waals surface area contributed by atoms with Gasteiger partial charge >= 0.3 is 11.9 Å². The molecule has 0 heterocycles. The zero-order valence-electron chi connectivity index (χ0n) is 24.1. The van der Waals surface area contributed by atoms with E-state index in [0.29, 0.717) is 18.1 Å². The van der Waals surface area contributed by atoms with E-state index in [9.17, 15) is 9.59 Å². The van der Waals surface area contributed by atoms with E-state index in [4.69, 9.17) is 24.1 Å². The maximum absolute atomic E-state index is 11.1. The van der Waals surface area contributed by atoms with Crippen LogP contribution in [0.2, 0.25) is 0 Å². The van der Waals surface area contributed by atoms with Gasteiger partial charge in [0.2, 0.25) is 0 Å². The SMILES string of the molecule is C=CC(=O)OCCOc1ccc(C#Cc2ccc(C#Cc3ccc(OCCCCCC=CC(=O)O)cc3)cc2OC)cc1. The first-order chi connectivity index (χ1) is 21.0. The number of methoxy groups -OCH3 is 1. The summed E-state index contributed by atoms with van der Waals surface area (Å²) >= 11 is 0.